The van der Waals surface area contributed by atoms with Crippen molar-refractivity contribution in [1.82, 2.24) is 9.97 Å². The summed E-state index contributed by atoms with van der Waals surface area (Å²) in [5, 5.41) is 0. The predicted molar refractivity (Wildman–Crippen MR) is 54.8 cm³/mol. The summed E-state index contributed by atoms with van der Waals surface area (Å²) in [6.45, 7) is 0. The van der Waals surface area contributed by atoms with E-state index >= 15 is 0 Å². The quantitative estimate of drug-likeness (QED) is 0.754. The third kappa shape index (κ3) is 1.78. The average Bonchev–Trinajstić information content (AvgIpc) is 2.20. The number of hydrogen-bond donors (Lipinski definition) is 1. The summed E-state index contributed by atoms with van der Waals surface area (Å²) < 4.78 is 27.0. The Morgan fingerprint density at radius 2 is 1.87 bits per heavy atom. The largest absolute Gasteiger partial charge is 0.350 e. The zero-order valence-corrected chi connectivity index (χ0v) is 8.31. The van der Waals surface area contributed by atoms with Crippen LogP contribution in [0.2, 0.25) is 0 Å². The molecule has 0 saturated carbocycles. The molecule has 0 aliphatic heterocycles. The van der Waals surface area contributed by atoms with E-state index in [1.165, 1.54) is 30.6 Å². The maximum atomic E-state index is 13.4. The van der Waals surface area contributed by atoms with Gasteiger partial charge in [0.2, 0.25) is 0 Å². The van der Waals surface area contributed by atoms with Gasteiger partial charge in [0, 0.05) is 12.4 Å². The molecule has 0 spiro atoms. The van der Waals surface area contributed by atoms with Crippen molar-refractivity contribution in [2.24, 2.45) is 0 Å². The standard InChI is InChI=1S/C10H6F2N2S/c11-6-2-1-3-7(12)8(6)9-10(15)14-5-4-13-9/h1-5H,(H,14,15). The zero-order chi connectivity index (χ0) is 10.8. The summed E-state index contributed by atoms with van der Waals surface area (Å²) in [5.41, 5.74) is -0.0811. The molecule has 2 nitrogen and oxygen atoms in total. The van der Waals surface area contributed by atoms with Gasteiger partial charge in [-0.25, -0.2) is 8.78 Å². The van der Waals surface area contributed by atoms with Gasteiger partial charge in [0.1, 0.15) is 22.0 Å². The molecule has 0 bridgehead atoms. The van der Waals surface area contributed by atoms with Crippen molar-refractivity contribution in [3.05, 3.63) is 46.9 Å². The fourth-order valence-electron chi connectivity index (χ4n) is 1.25. The molecule has 1 heterocycles. The van der Waals surface area contributed by atoms with Crippen molar-refractivity contribution < 1.29 is 8.78 Å². The highest BCUT2D eigenvalue weighted by Gasteiger charge is 2.13. The lowest BCUT2D eigenvalue weighted by molar-refractivity contribution is 0.588. The van der Waals surface area contributed by atoms with Crippen molar-refractivity contribution in [3.8, 4) is 11.3 Å². The minimum absolute atomic E-state index is 0.114. The molecule has 1 aromatic heterocycles. The Morgan fingerprint density at radius 3 is 2.47 bits per heavy atom. The summed E-state index contributed by atoms with van der Waals surface area (Å²) in [6, 6.07) is 3.63. The van der Waals surface area contributed by atoms with E-state index in [4.69, 9.17) is 12.2 Å². The molecule has 0 atom stereocenters. The van der Waals surface area contributed by atoms with Crippen LogP contribution in [0.15, 0.2) is 30.6 Å². The molecule has 15 heavy (non-hydrogen) atoms. The Morgan fingerprint density at radius 1 is 1.20 bits per heavy atom. The van der Waals surface area contributed by atoms with Crippen LogP contribution >= 0.6 is 12.2 Å². The van der Waals surface area contributed by atoms with Crippen LogP contribution < -0.4 is 0 Å². The molecule has 2 aromatic rings. The van der Waals surface area contributed by atoms with E-state index in [1.807, 2.05) is 0 Å². The zero-order valence-electron chi connectivity index (χ0n) is 7.50. The lowest BCUT2D eigenvalue weighted by atomic mass is 10.1. The highest BCUT2D eigenvalue weighted by atomic mass is 32.1. The van der Waals surface area contributed by atoms with Crippen LogP contribution in [0.3, 0.4) is 0 Å². The van der Waals surface area contributed by atoms with Crippen LogP contribution in [-0.2, 0) is 0 Å². The van der Waals surface area contributed by atoms with Gasteiger partial charge in [-0.15, -0.1) is 0 Å². The molecule has 0 aliphatic carbocycles. The van der Waals surface area contributed by atoms with Crippen molar-refractivity contribution in [2.45, 2.75) is 0 Å². The van der Waals surface area contributed by atoms with Crippen LogP contribution in [0.4, 0.5) is 8.78 Å². The number of H-pyrrole nitrogens is 1. The molecule has 5 heteroatoms. The Labute approximate surface area is 89.6 Å². The number of nitrogens with one attached hydrogen (secondary N) is 1. The van der Waals surface area contributed by atoms with E-state index in [0.717, 1.165) is 0 Å². The Kier molecular flexibility index (Phi) is 2.55. The summed E-state index contributed by atoms with van der Waals surface area (Å²) in [6.07, 6.45) is 2.90. The van der Waals surface area contributed by atoms with Crippen molar-refractivity contribution >= 4 is 12.2 Å². The normalized spacial score (nSPS) is 10.3. The maximum Gasteiger partial charge on any atom is 0.135 e. The van der Waals surface area contributed by atoms with E-state index < -0.39 is 11.6 Å². The monoisotopic (exact) mass is 224 g/mol. The molecule has 0 fully saturated rings. The number of aromatic nitrogens is 2. The highest BCUT2D eigenvalue weighted by molar-refractivity contribution is 7.71. The first kappa shape index (κ1) is 9.92. The van der Waals surface area contributed by atoms with E-state index in [0.29, 0.717) is 0 Å². The fourth-order valence-corrected chi connectivity index (χ4v) is 1.48. The summed E-state index contributed by atoms with van der Waals surface area (Å²) >= 11 is 4.90. The highest BCUT2D eigenvalue weighted by Crippen LogP contribution is 2.23. The summed E-state index contributed by atoms with van der Waals surface area (Å²) in [7, 11) is 0. The molecular formula is C10H6F2N2S. The first-order chi connectivity index (χ1) is 7.20. The van der Waals surface area contributed by atoms with Gasteiger partial charge in [-0.3, -0.25) is 4.98 Å². The molecule has 0 amide bonds. The van der Waals surface area contributed by atoms with Crippen molar-refractivity contribution in [1.29, 1.82) is 0 Å². The predicted octanol–water partition coefficient (Wildman–Crippen LogP) is 3.08. The van der Waals surface area contributed by atoms with Gasteiger partial charge in [0.05, 0.1) is 5.56 Å². The van der Waals surface area contributed by atoms with Gasteiger partial charge < -0.3 is 4.98 Å². The third-order valence-electron chi connectivity index (χ3n) is 1.91. The van der Waals surface area contributed by atoms with E-state index in [-0.39, 0.29) is 15.9 Å². The third-order valence-corrected chi connectivity index (χ3v) is 2.22. The van der Waals surface area contributed by atoms with Gasteiger partial charge in [-0.2, -0.15) is 0 Å². The molecule has 0 saturated heterocycles. The molecule has 1 aromatic carbocycles. The van der Waals surface area contributed by atoms with Crippen LogP contribution in [0.5, 0.6) is 0 Å². The average molecular weight is 224 g/mol. The number of benzene rings is 1. The maximum absolute atomic E-state index is 13.4. The van der Waals surface area contributed by atoms with Crippen molar-refractivity contribution in [2.75, 3.05) is 0 Å². The second-order valence-corrected chi connectivity index (χ2v) is 3.27. The number of hydrogen-bond acceptors (Lipinski definition) is 2. The lowest BCUT2D eigenvalue weighted by Gasteiger charge is -2.03. The topological polar surface area (TPSA) is 28.7 Å². The van der Waals surface area contributed by atoms with Crippen LogP contribution in [0.25, 0.3) is 11.3 Å². The van der Waals surface area contributed by atoms with E-state index in [1.54, 1.807) is 0 Å². The molecular weight excluding hydrogens is 218 g/mol. The van der Waals surface area contributed by atoms with E-state index in [2.05, 4.69) is 9.97 Å². The first-order valence-electron chi connectivity index (χ1n) is 4.18. The number of rotatable bonds is 1. The van der Waals surface area contributed by atoms with Crippen LogP contribution in [0.1, 0.15) is 0 Å². The van der Waals surface area contributed by atoms with Gasteiger partial charge >= 0.3 is 0 Å². The summed E-state index contributed by atoms with van der Waals surface area (Å²) in [5.74, 6) is -1.35. The minimum atomic E-state index is -0.673. The number of halogens is 2. The van der Waals surface area contributed by atoms with Gasteiger partial charge in [-0.05, 0) is 12.1 Å². The number of aromatic amines is 1. The van der Waals surface area contributed by atoms with E-state index in [9.17, 15) is 8.78 Å². The lowest BCUT2D eigenvalue weighted by Crippen LogP contribution is -1.94. The Balaban J connectivity index is 2.75. The number of nitrogens with zero attached hydrogens (tertiary/aromatic N) is 1. The second kappa shape index (κ2) is 3.86. The molecule has 0 radical (unpaired) electrons. The van der Waals surface area contributed by atoms with Crippen LogP contribution in [-0.4, -0.2) is 9.97 Å². The Bertz CT molecular complexity index is 531. The van der Waals surface area contributed by atoms with Gasteiger partial charge in [0.25, 0.3) is 0 Å². The summed E-state index contributed by atoms with van der Waals surface area (Å²) in [4.78, 5) is 6.53. The molecule has 2 rings (SSSR count). The Hall–Kier alpha value is -1.62. The van der Waals surface area contributed by atoms with Crippen molar-refractivity contribution in [3.63, 3.8) is 0 Å². The smallest absolute Gasteiger partial charge is 0.135 e. The molecule has 0 unspecified atom stereocenters. The van der Waals surface area contributed by atoms with Crippen LogP contribution in [0, 0.1) is 16.3 Å². The SMILES string of the molecule is Fc1cccc(F)c1-c1ncc[nH]c1=S. The molecule has 0 aliphatic rings. The second-order valence-electron chi connectivity index (χ2n) is 2.86. The molecule has 76 valence electrons. The van der Waals surface area contributed by atoms with Gasteiger partial charge in [0.15, 0.2) is 0 Å². The first-order valence-corrected chi connectivity index (χ1v) is 4.59. The minimum Gasteiger partial charge on any atom is -0.350 e. The molecule has 1 N–H and O–H groups in total. The fraction of sp³-hybridized carbons (Fsp3) is 0. The van der Waals surface area contributed by atoms with Gasteiger partial charge in [-0.1, -0.05) is 18.3 Å².